The van der Waals surface area contributed by atoms with Crippen molar-refractivity contribution in [3.63, 3.8) is 0 Å². The zero-order valence-electron chi connectivity index (χ0n) is 11.9. The number of hydrogen-bond donors (Lipinski definition) is 2. The minimum absolute atomic E-state index is 0.0633. The Balaban J connectivity index is 2.67. The molecule has 0 radical (unpaired) electrons. The van der Waals surface area contributed by atoms with Crippen LogP contribution in [-0.4, -0.2) is 54.9 Å². The standard InChI is InChI=1S/C13H24N2O4/c1-9(2)12(17)15-7-10(4-5-16)6-11(8-15)14-13(18)19-3/h9-11,16H,4-8H2,1-3H3,(H,14,18). The second-order valence-corrected chi connectivity index (χ2v) is 5.34. The van der Waals surface area contributed by atoms with Gasteiger partial charge in [-0.05, 0) is 18.8 Å². The van der Waals surface area contributed by atoms with Crippen molar-refractivity contribution >= 4 is 12.0 Å². The molecule has 2 atom stereocenters. The Morgan fingerprint density at radius 2 is 2.11 bits per heavy atom. The molecular formula is C13H24N2O4. The summed E-state index contributed by atoms with van der Waals surface area (Å²) in [5, 5.41) is 11.8. The Morgan fingerprint density at radius 1 is 1.42 bits per heavy atom. The number of carbonyl (C=O) groups is 2. The minimum atomic E-state index is -0.480. The van der Waals surface area contributed by atoms with Gasteiger partial charge in [-0.25, -0.2) is 4.79 Å². The monoisotopic (exact) mass is 272 g/mol. The molecule has 1 heterocycles. The summed E-state index contributed by atoms with van der Waals surface area (Å²) in [7, 11) is 1.32. The Kier molecular flexibility index (Phi) is 6.08. The summed E-state index contributed by atoms with van der Waals surface area (Å²) >= 11 is 0. The number of likely N-dealkylation sites (tertiary alicyclic amines) is 1. The van der Waals surface area contributed by atoms with Gasteiger partial charge >= 0.3 is 6.09 Å². The fraction of sp³-hybridized carbons (Fsp3) is 0.846. The third kappa shape index (κ3) is 4.70. The number of rotatable bonds is 4. The molecule has 0 spiro atoms. The van der Waals surface area contributed by atoms with Crippen molar-refractivity contribution in [1.29, 1.82) is 0 Å². The molecule has 0 aromatic rings. The number of ether oxygens (including phenoxy) is 1. The molecule has 1 rings (SSSR count). The van der Waals surface area contributed by atoms with Crippen LogP contribution in [0.25, 0.3) is 0 Å². The zero-order valence-corrected chi connectivity index (χ0v) is 11.9. The largest absolute Gasteiger partial charge is 0.453 e. The predicted molar refractivity (Wildman–Crippen MR) is 70.6 cm³/mol. The number of nitrogens with one attached hydrogen (secondary N) is 1. The Bertz CT molecular complexity index is 320. The van der Waals surface area contributed by atoms with E-state index in [2.05, 4.69) is 10.1 Å². The second kappa shape index (κ2) is 7.33. The van der Waals surface area contributed by atoms with Crippen LogP contribution >= 0.6 is 0 Å². The highest BCUT2D eigenvalue weighted by atomic mass is 16.5. The van der Waals surface area contributed by atoms with Gasteiger partial charge in [-0.1, -0.05) is 13.8 Å². The first-order chi connectivity index (χ1) is 8.97. The molecule has 6 nitrogen and oxygen atoms in total. The molecule has 1 aliphatic heterocycles. The van der Waals surface area contributed by atoms with Crippen LogP contribution in [0, 0.1) is 11.8 Å². The third-order valence-corrected chi connectivity index (χ3v) is 3.39. The fourth-order valence-corrected chi connectivity index (χ4v) is 2.47. The van der Waals surface area contributed by atoms with Crippen LogP contribution in [0.1, 0.15) is 26.7 Å². The van der Waals surface area contributed by atoms with Crippen molar-refractivity contribution in [3.8, 4) is 0 Å². The maximum Gasteiger partial charge on any atom is 0.407 e. The van der Waals surface area contributed by atoms with E-state index in [1.165, 1.54) is 7.11 Å². The van der Waals surface area contributed by atoms with Crippen LogP contribution in [0.15, 0.2) is 0 Å². The highest BCUT2D eigenvalue weighted by Crippen LogP contribution is 2.21. The van der Waals surface area contributed by atoms with Gasteiger partial charge in [0.2, 0.25) is 5.91 Å². The van der Waals surface area contributed by atoms with Crippen molar-refractivity contribution in [2.45, 2.75) is 32.7 Å². The first-order valence-electron chi connectivity index (χ1n) is 6.72. The topological polar surface area (TPSA) is 78.9 Å². The lowest BCUT2D eigenvalue weighted by atomic mass is 9.91. The lowest BCUT2D eigenvalue weighted by Gasteiger charge is -2.38. The third-order valence-electron chi connectivity index (χ3n) is 3.39. The lowest BCUT2D eigenvalue weighted by molar-refractivity contribution is -0.137. The van der Waals surface area contributed by atoms with Gasteiger partial charge in [-0.15, -0.1) is 0 Å². The second-order valence-electron chi connectivity index (χ2n) is 5.34. The molecule has 1 saturated heterocycles. The van der Waals surface area contributed by atoms with Crippen molar-refractivity contribution in [1.82, 2.24) is 10.2 Å². The molecule has 0 aliphatic carbocycles. The van der Waals surface area contributed by atoms with Crippen molar-refractivity contribution in [3.05, 3.63) is 0 Å². The smallest absolute Gasteiger partial charge is 0.407 e. The number of amides is 2. The molecular weight excluding hydrogens is 248 g/mol. The van der Waals surface area contributed by atoms with Crippen molar-refractivity contribution < 1.29 is 19.4 Å². The molecule has 19 heavy (non-hydrogen) atoms. The minimum Gasteiger partial charge on any atom is -0.453 e. The van der Waals surface area contributed by atoms with Crippen LogP contribution in [0.4, 0.5) is 4.79 Å². The van der Waals surface area contributed by atoms with E-state index in [1.54, 1.807) is 4.90 Å². The quantitative estimate of drug-likeness (QED) is 0.785. The summed E-state index contributed by atoms with van der Waals surface area (Å²) < 4.78 is 4.59. The van der Waals surface area contributed by atoms with E-state index in [4.69, 9.17) is 5.11 Å². The van der Waals surface area contributed by atoms with Crippen LogP contribution in [0.5, 0.6) is 0 Å². The van der Waals surface area contributed by atoms with Gasteiger partial charge in [-0.2, -0.15) is 0 Å². The number of aliphatic hydroxyl groups excluding tert-OH is 1. The van der Waals surface area contributed by atoms with Gasteiger partial charge in [0, 0.05) is 25.6 Å². The first-order valence-corrected chi connectivity index (χ1v) is 6.72. The summed E-state index contributed by atoms with van der Waals surface area (Å²) in [4.78, 5) is 25.1. The maximum absolute atomic E-state index is 12.1. The van der Waals surface area contributed by atoms with Gasteiger partial charge in [0.15, 0.2) is 0 Å². The van der Waals surface area contributed by atoms with E-state index >= 15 is 0 Å². The SMILES string of the molecule is COC(=O)NC1CC(CCO)CN(C(=O)C(C)C)C1. The van der Waals surface area contributed by atoms with Crippen LogP contribution in [-0.2, 0) is 9.53 Å². The molecule has 110 valence electrons. The number of piperidine rings is 1. The summed E-state index contributed by atoms with van der Waals surface area (Å²) in [6.45, 7) is 4.98. The van der Waals surface area contributed by atoms with E-state index in [0.717, 1.165) is 6.42 Å². The molecule has 2 N–H and O–H groups in total. The Hall–Kier alpha value is -1.30. The number of nitrogens with zero attached hydrogens (tertiary/aromatic N) is 1. The molecule has 0 saturated carbocycles. The van der Waals surface area contributed by atoms with E-state index in [-0.39, 0.29) is 30.4 Å². The molecule has 0 bridgehead atoms. The van der Waals surface area contributed by atoms with Gasteiger partial charge in [0.25, 0.3) is 0 Å². The summed E-state index contributed by atoms with van der Waals surface area (Å²) in [6, 6.07) is -0.111. The fourth-order valence-electron chi connectivity index (χ4n) is 2.47. The molecule has 2 amide bonds. The van der Waals surface area contributed by atoms with Crippen LogP contribution < -0.4 is 5.32 Å². The highest BCUT2D eigenvalue weighted by Gasteiger charge is 2.31. The number of methoxy groups -OCH3 is 1. The molecule has 0 aromatic heterocycles. The molecule has 1 fully saturated rings. The molecule has 1 aliphatic rings. The van der Waals surface area contributed by atoms with Gasteiger partial charge in [0.1, 0.15) is 0 Å². The number of hydrogen-bond acceptors (Lipinski definition) is 4. The predicted octanol–water partition coefficient (Wildman–Crippen LogP) is 0.598. The van der Waals surface area contributed by atoms with E-state index in [1.807, 2.05) is 13.8 Å². The normalized spacial score (nSPS) is 23.3. The number of alkyl carbamates (subject to hydrolysis) is 1. The summed E-state index contributed by atoms with van der Waals surface area (Å²) in [5.41, 5.74) is 0. The average molecular weight is 272 g/mol. The molecule has 2 unspecified atom stereocenters. The molecule has 0 aromatic carbocycles. The Morgan fingerprint density at radius 3 is 2.63 bits per heavy atom. The highest BCUT2D eigenvalue weighted by molar-refractivity contribution is 5.78. The Labute approximate surface area is 114 Å². The summed E-state index contributed by atoms with van der Waals surface area (Å²) in [5.74, 6) is 0.231. The van der Waals surface area contributed by atoms with Gasteiger partial charge in [-0.3, -0.25) is 4.79 Å². The number of aliphatic hydroxyl groups is 1. The molecule has 6 heteroatoms. The van der Waals surface area contributed by atoms with E-state index < -0.39 is 6.09 Å². The van der Waals surface area contributed by atoms with E-state index in [0.29, 0.717) is 19.5 Å². The zero-order chi connectivity index (χ0) is 14.4. The first kappa shape index (κ1) is 15.8. The van der Waals surface area contributed by atoms with Crippen molar-refractivity contribution in [2.24, 2.45) is 11.8 Å². The lowest BCUT2D eigenvalue weighted by Crippen LogP contribution is -2.53. The van der Waals surface area contributed by atoms with Crippen molar-refractivity contribution in [2.75, 3.05) is 26.8 Å². The average Bonchev–Trinajstić information content (AvgIpc) is 2.37. The van der Waals surface area contributed by atoms with Gasteiger partial charge in [0.05, 0.1) is 13.2 Å². The van der Waals surface area contributed by atoms with Crippen LogP contribution in [0.2, 0.25) is 0 Å². The summed E-state index contributed by atoms with van der Waals surface area (Å²) in [6.07, 6.45) is 0.922. The van der Waals surface area contributed by atoms with E-state index in [9.17, 15) is 9.59 Å². The maximum atomic E-state index is 12.1. The van der Waals surface area contributed by atoms with Gasteiger partial charge < -0.3 is 20.1 Å². The van der Waals surface area contributed by atoms with Crippen LogP contribution in [0.3, 0.4) is 0 Å². The number of carbonyl (C=O) groups excluding carboxylic acids is 2.